The second-order valence-corrected chi connectivity index (χ2v) is 2.80. The average Bonchev–Trinajstić information content (AvgIpc) is 1.85. The zero-order chi connectivity index (χ0) is 8.85. The Morgan fingerprint density at radius 3 is 2.45 bits per heavy atom. The van der Waals surface area contributed by atoms with Crippen molar-refractivity contribution >= 4 is 5.91 Å². The van der Waals surface area contributed by atoms with Crippen LogP contribution in [0.15, 0.2) is 12.2 Å². The van der Waals surface area contributed by atoms with Gasteiger partial charge in [0.25, 0.3) is 0 Å². The van der Waals surface area contributed by atoms with Crippen LogP contribution in [0.3, 0.4) is 0 Å². The summed E-state index contributed by atoms with van der Waals surface area (Å²) in [6.07, 6.45) is 0. The number of nitrogens with one attached hydrogen (secondary N) is 1. The quantitative estimate of drug-likeness (QED) is 0.591. The van der Waals surface area contributed by atoms with Crippen molar-refractivity contribution in [2.24, 2.45) is 0 Å². The Labute approximate surface area is 68.1 Å². The summed E-state index contributed by atoms with van der Waals surface area (Å²) >= 11 is 0. The first-order chi connectivity index (χ1) is 5.06. The molecule has 0 radical (unpaired) electrons. The number of hydrogen-bond acceptors (Lipinski definition) is 2. The lowest BCUT2D eigenvalue weighted by Gasteiger charge is -2.14. The first-order valence-electron chi connectivity index (χ1n) is 3.59. The zero-order valence-electron chi connectivity index (χ0n) is 7.48. The molecule has 0 atom stereocenters. The molecule has 0 aliphatic heterocycles. The van der Waals surface area contributed by atoms with Crippen molar-refractivity contribution in [3.8, 4) is 0 Å². The van der Waals surface area contributed by atoms with Crippen molar-refractivity contribution in [3.05, 3.63) is 12.2 Å². The SMILES string of the molecule is C=C(C)CN(C)CC(=O)NC. The molecular weight excluding hydrogens is 140 g/mol. The monoisotopic (exact) mass is 156 g/mol. The van der Waals surface area contributed by atoms with Crippen molar-refractivity contribution in [2.75, 3.05) is 27.2 Å². The molecule has 0 saturated carbocycles. The average molecular weight is 156 g/mol. The van der Waals surface area contributed by atoms with Gasteiger partial charge >= 0.3 is 0 Å². The highest BCUT2D eigenvalue weighted by Gasteiger charge is 2.02. The maximum Gasteiger partial charge on any atom is 0.233 e. The van der Waals surface area contributed by atoms with E-state index in [1.54, 1.807) is 7.05 Å². The van der Waals surface area contributed by atoms with E-state index in [9.17, 15) is 4.79 Å². The van der Waals surface area contributed by atoms with Crippen molar-refractivity contribution in [2.45, 2.75) is 6.92 Å². The summed E-state index contributed by atoms with van der Waals surface area (Å²) < 4.78 is 0. The van der Waals surface area contributed by atoms with Crippen LogP contribution in [0.5, 0.6) is 0 Å². The third kappa shape index (κ3) is 5.61. The molecule has 1 amide bonds. The Morgan fingerprint density at radius 1 is 1.55 bits per heavy atom. The second-order valence-electron chi connectivity index (χ2n) is 2.80. The summed E-state index contributed by atoms with van der Waals surface area (Å²) in [5.74, 6) is 0.0359. The number of amides is 1. The second kappa shape index (κ2) is 4.91. The minimum atomic E-state index is 0.0359. The summed E-state index contributed by atoms with van der Waals surface area (Å²) in [5.41, 5.74) is 1.07. The number of carbonyl (C=O) groups excluding carboxylic acids is 1. The van der Waals surface area contributed by atoms with Crippen LogP contribution < -0.4 is 5.32 Å². The number of hydrogen-bond donors (Lipinski definition) is 1. The van der Waals surface area contributed by atoms with Crippen molar-refractivity contribution in [3.63, 3.8) is 0 Å². The van der Waals surface area contributed by atoms with Crippen LogP contribution in [-0.4, -0.2) is 38.0 Å². The molecule has 11 heavy (non-hydrogen) atoms. The Kier molecular flexibility index (Phi) is 4.54. The fraction of sp³-hybridized carbons (Fsp3) is 0.625. The van der Waals surface area contributed by atoms with Gasteiger partial charge in [0.15, 0.2) is 0 Å². The Balaban J connectivity index is 3.60. The van der Waals surface area contributed by atoms with Gasteiger partial charge in [0.1, 0.15) is 0 Å². The number of nitrogens with zero attached hydrogens (tertiary/aromatic N) is 1. The van der Waals surface area contributed by atoms with Crippen molar-refractivity contribution < 1.29 is 4.79 Å². The minimum absolute atomic E-state index is 0.0359. The lowest BCUT2D eigenvalue weighted by molar-refractivity contribution is -0.121. The van der Waals surface area contributed by atoms with Crippen LogP contribution in [-0.2, 0) is 4.79 Å². The van der Waals surface area contributed by atoms with Gasteiger partial charge in [0, 0.05) is 13.6 Å². The van der Waals surface area contributed by atoms with Crippen LogP contribution >= 0.6 is 0 Å². The van der Waals surface area contributed by atoms with Crippen molar-refractivity contribution in [1.82, 2.24) is 10.2 Å². The predicted molar refractivity (Wildman–Crippen MR) is 46.4 cm³/mol. The van der Waals surface area contributed by atoms with Gasteiger partial charge < -0.3 is 5.32 Å². The molecule has 1 N–H and O–H groups in total. The molecule has 0 saturated heterocycles. The number of carbonyl (C=O) groups is 1. The first-order valence-corrected chi connectivity index (χ1v) is 3.59. The minimum Gasteiger partial charge on any atom is -0.358 e. The van der Waals surface area contributed by atoms with E-state index in [1.807, 2.05) is 18.9 Å². The Morgan fingerprint density at radius 2 is 2.09 bits per heavy atom. The molecule has 0 bridgehead atoms. The van der Waals surface area contributed by atoms with Gasteiger partial charge in [-0.3, -0.25) is 9.69 Å². The summed E-state index contributed by atoms with van der Waals surface area (Å²) in [6, 6.07) is 0. The summed E-state index contributed by atoms with van der Waals surface area (Å²) in [6.45, 7) is 6.90. The summed E-state index contributed by atoms with van der Waals surface area (Å²) in [5, 5.41) is 2.56. The largest absolute Gasteiger partial charge is 0.358 e. The van der Waals surface area contributed by atoms with E-state index in [0.29, 0.717) is 6.54 Å². The van der Waals surface area contributed by atoms with Crippen LogP contribution in [0.2, 0.25) is 0 Å². The molecule has 0 rings (SSSR count). The zero-order valence-corrected chi connectivity index (χ0v) is 7.48. The number of likely N-dealkylation sites (N-methyl/N-ethyl adjacent to an activating group) is 2. The molecule has 3 nitrogen and oxygen atoms in total. The normalized spacial score (nSPS) is 9.82. The lowest BCUT2D eigenvalue weighted by atomic mass is 10.3. The molecule has 0 heterocycles. The highest BCUT2D eigenvalue weighted by Crippen LogP contribution is 1.90. The third-order valence-electron chi connectivity index (χ3n) is 1.23. The van der Waals surface area contributed by atoms with Gasteiger partial charge in [-0.1, -0.05) is 12.2 Å². The van der Waals surface area contributed by atoms with Crippen LogP contribution in [0.4, 0.5) is 0 Å². The molecular formula is C8H16N2O. The Bertz CT molecular complexity index is 154. The lowest BCUT2D eigenvalue weighted by Crippen LogP contribution is -2.33. The predicted octanol–water partition coefficient (Wildman–Crippen LogP) is 0.240. The molecule has 0 aromatic carbocycles. The van der Waals surface area contributed by atoms with Gasteiger partial charge in [-0.2, -0.15) is 0 Å². The fourth-order valence-electron chi connectivity index (χ4n) is 0.841. The highest BCUT2D eigenvalue weighted by atomic mass is 16.1. The van der Waals surface area contributed by atoms with Gasteiger partial charge in [0.2, 0.25) is 5.91 Å². The molecule has 64 valence electrons. The van der Waals surface area contributed by atoms with E-state index >= 15 is 0 Å². The molecule has 3 heteroatoms. The van der Waals surface area contributed by atoms with E-state index in [4.69, 9.17) is 0 Å². The van der Waals surface area contributed by atoms with Crippen LogP contribution in [0.1, 0.15) is 6.92 Å². The smallest absolute Gasteiger partial charge is 0.233 e. The molecule has 0 aliphatic carbocycles. The van der Waals surface area contributed by atoms with Gasteiger partial charge in [-0.05, 0) is 14.0 Å². The summed E-state index contributed by atoms with van der Waals surface area (Å²) in [7, 11) is 3.53. The first kappa shape index (κ1) is 10.2. The van der Waals surface area contributed by atoms with Gasteiger partial charge in [-0.25, -0.2) is 0 Å². The highest BCUT2D eigenvalue weighted by molar-refractivity contribution is 5.77. The summed E-state index contributed by atoms with van der Waals surface area (Å²) in [4.78, 5) is 12.7. The van der Waals surface area contributed by atoms with Gasteiger partial charge in [0.05, 0.1) is 6.54 Å². The van der Waals surface area contributed by atoms with E-state index in [1.165, 1.54) is 0 Å². The molecule has 0 spiro atoms. The maximum atomic E-state index is 10.8. The fourth-order valence-corrected chi connectivity index (χ4v) is 0.841. The Hall–Kier alpha value is -0.830. The van der Waals surface area contributed by atoms with Crippen molar-refractivity contribution in [1.29, 1.82) is 0 Å². The molecule has 0 fully saturated rings. The van der Waals surface area contributed by atoms with Gasteiger partial charge in [-0.15, -0.1) is 0 Å². The molecule has 0 unspecified atom stereocenters. The van der Waals surface area contributed by atoms with E-state index < -0.39 is 0 Å². The van der Waals surface area contributed by atoms with Crippen LogP contribution in [0.25, 0.3) is 0 Å². The van der Waals surface area contributed by atoms with Crippen LogP contribution in [0, 0.1) is 0 Å². The van der Waals surface area contributed by atoms with E-state index in [2.05, 4.69) is 11.9 Å². The number of rotatable bonds is 4. The topological polar surface area (TPSA) is 32.3 Å². The third-order valence-corrected chi connectivity index (χ3v) is 1.23. The van der Waals surface area contributed by atoms with E-state index in [-0.39, 0.29) is 5.91 Å². The standard InChI is InChI=1S/C8H16N2O/c1-7(2)5-10(4)6-8(11)9-3/h1,5-6H2,2-4H3,(H,9,11). The molecule has 0 aliphatic rings. The molecule has 0 aromatic rings. The van der Waals surface area contributed by atoms with E-state index in [0.717, 1.165) is 12.1 Å². The molecule has 0 aromatic heterocycles. The maximum absolute atomic E-state index is 10.8.